The Morgan fingerprint density at radius 3 is 2.03 bits per heavy atom. The number of anilines is 1. The molecule has 5 aromatic rings. The Balaban J connectivity index is 1.13. The zero-order valence-corrected chi connectivity index (χ0v) is 34.5. The molecule has 1 aliphatic carbocycles. The minimum atomic E-state index is -1.41. The lowest BCUT2D eigenvalue weighted by molar-refractivity contribution is -0.148. The van der Waals surface area contributed by atoms with Crippen molar-refractivity contribution in [2.24, 2.45) is 5.92 Å². The highest BCUT2D eigenvalue weighted by Gasteiger charge is 2.32. The van der Waals surface area contributed by atoms with E-state index in [4.69, 9.17) is 9.47 Å². The number of hydrogen-bond acceptors (Lipinski definition) is 8. The predicted molar refractivity (Wildman–Crippen MR) is 239 cm³/mol. The van der Waals surface area contributed by atoms with Gasteiger partial charge in [-0.25, -0.2) is 9.59 Å². The quantitative estimate of drug-likeness (QED) is 0.0389. The lowest BCUT2D eigenvalue weighted by Gasteiger charge is -2.24. The third-order valence-corrected chi connectivity index (χ3v) is 10.8. The summed E-state index contributed by atoms with van der Waals surface area (Å²) in [7, 11) is 0. The monoisotopic (exact) mass is 836 g/mol. The van der Waals surface area contributed by atoms with Gasteiger partial charge < -0.3 is 35.8 Å². The first-order chi connectivity index (χ1) is 30.2. The van der Waals surface area contributed by atoms with Crippen LogP contribution in [-0.2, 0) is 35.1 Å². The van der Waals surface area contributed by atoms with Crippen LogP contribution in [0, 0.1) is 5.92 Å². The first-order valence-corrected chi connectivity index (χ1v) is 20.7. The molecule has 0 radical (unpaired) electrons. The zero-order chi connectivity index (χ0) is 43.8. The van der Waals surface area contributed by atoms with Crippen LogP contribution in [0.2, 0.25) is 0 Å². The maximum atomic E-state index is 13.9. The molecule has 320 valence electrons. The summed E-state index contributed by atoms with van der Waals surface area (Å²) in [6.45, 7) is 6.60. The number of hydrogen-bond donors (Lipinski definition) is 5. The van der Waals surface area contributed by atoms with Gasteiger partial charge in [-0.05, 0) is 76.4 Å². The second kappa shape index (κ2) is 22.0. The van der Waals surface area contributed by atoms with Crippen LogP contribution in [0.4, 0.5) is 10.5 Å². The molecule has 4 atom stereocenters. The fraction of sp³-hybridized carbons (Fsp3) is 0.260. The van der Waals surface area contributed by atoms with Crippen molar-refractivity contribution in [3.05, 3.63) is 163 Å². The van der Waals surface area contributed by atoms with Crippen LogP contribution in [0.15, 0.2) is 147 Å². The van der Waals surface area contributed by atoms with Gasteiger partial charge in [-0.15, -0.1) is 13.2 Å². The zero-order valence-electron chi connectivity index (χ0n) is 34.5. The number of aliphatic hydroxyl groups excluding tert-OH is 1. The fourth-order valence-corrected chi connectivity index (χ4v) is 7.61. The molecule has 0 aliphatic heterocycles. The molecule has 62 heavy (non-hydrogen) atoms. The number of carbonyl (C=O) groups excluding carboxylic acids is 5. The molecule has 0 heterocycles. The molecule has 12 nitrogen and oxygen atoms in total. The number of esters is 1. The Bertz CT molecular complexity index is 2340. The first kappa shape index (κ1) is 44.5. The van der Waals surface area contributed by atoms with E-state index in [-0.39, 0.29) is 38.4 Å². The van der Waals surface area contributed by atoms with Crippen molar-refractivity contribution in [1.29, 1.82) is 0 Å². The normalized spacial score (nSPS) is 13.6. The molecule has 0 aromatic heterocycles. The number of rotatable bonds is 21. The number of aliphatic hydroxyl groups is 1. The molecule has 5 aromatic carbocycles. The Morgan fingerprint density at radius 1 is 0.694 bits per heavy atom. The standard InChI is InChI=1S/C50H52N4O8/c1-3-5-24-44(54-50(60)62-31-43-41-22-13-11-20-39(41)40-21-12-14-23-42(40)43)49(59)61-32-45(48(58)52-37-26-25-34-18-9-10-19-35(34)28-37)53-47(57)36(15-4-2)29-46(56)51-38(30-55)27-33-16-7-6-8-17-33/h3-4,6-14,16-23,25-26,28,36,38,43-45,55H,1-2,5,15,24,27,29-32H2,(H,51,56)(H,52,58)(H,53,57)(H,54,60)/t36-,38-,44-,45-/m0/s1. The van der Waals surface area contributed by atoms with Crippen LogP contribution in [0.3, 0.4) is 0 Å². The number of fused-ring (bicyclic) bond motifs is 4. The van der Waals surface area contributed by atoms with Crippen molar-refractivity contribution in [3.8, 4) is 11.1 Å². The number of nitrogens with one attached hydrogen (secondary N) is 4. The highest BCUT2D eigenvalue weighted by molar-refractivity contribution is 6.00. The molecule has 1 aliphatic rings. The van der Waals surface area contributed by atoms with Gasteiger partial charge in [-0.2, -0.15) is 0 Å². The van der Waals surface area contributed by atoms with Gasteiger partial charge in [0.1, 0.15) is 25.3 Å². The Morgan fingerprint density at radius 2 is 1.35 bits per heavy atom. The minimum absolute atomic E-state index is 0.0315. The van der Waals surface area contributed by atoms with Gasteiger partial charge in [0.2, 0.25) is 11.8 Å². The van der Waals surface area contributed by atoms with E-state index in [2.05, 4.69) is 34.4 Å². The van der Waals surface area contributed by atoms with Gasteiger partial charge in [0.15, 0.2) is 0 Å². The molecule has 0 unspecified atom stereocenters. The second-order valence-corrected chi connectivity index (χ2v) is 15.2. The van der Waals surface area contributed by atoms with Crippen LogP contribution in [0.25, 0.3) is 21.9 Å². The Labute approximate surface area is 361 Å². The highest BCUT2D eigenvalue weighted by atomic mass is 16.6. The lowest BCUT2D eigenvalue weighted by atomic mass is 9.98. The molecular formula is C50H52N4O8. The summed E-state index contributed by atoms with van der Waals surface area (Å²) in [6.07, 6.45) is 2.95. The van der Waals surface area contributed by atoms with Crippen LogP contribution in [0.5, 0.6) is 0 Å². The van der Waals surface area contributed by atoms with Crippen LogP contribution >= 0.6 is 0 Å². The molecule has 0 saturated carbocycles. The number of ether oxygens (including phenoxy) is 2. The van der Waals surface area contributed by atoms with Gasteiger partial charge >= 0.3 is 12.1 Å². The summed E-state index contributed by atoms with van der Waals surface area (Å²) in [5.41, 5.74) is 5.58. The Kier molecular flexibility index (Phi) is 15.8. The summed E-state index contributed by atoms with van der Waals surface area (Å²) >= 11 is 0. The number of carbonyl (C=O) groups is 5. The second-order valence-electron chi connectivity index (χ2n) is 15.2. The van der Waals surface area contributed by atoms with Gasteiger partial charge in [0, 0.05) is 18.0 Å². The van der Waals surface area contributed by atoms with Crippen molar-refractivity contribution in [3.63, 3.8) is 0 Å². The topological polar surface area (TPSA) is 172 Å². The molecule has 5 N–H and O–H groups in total. The average molecular weight is 837 g/mol. The molecular weight excluding hydrogens is 785 g/mol. The lowest BCUT2D eigenvalue weighted by Crippen LogP contribution is -2.51. The van der Waals surface area contributed by atoms with E-state index in [1.165, 1.54) is 6.08 Å². The van der Waals surface area contributed by atoms with Crippen LogP contribution in [-0.4, -0.2) is 72.8 Å². The first-order valence-electron chi connectivity index (χ1n) is 20.7. The summed E-state index contributed by atoms with van der Waals surface area (Å²) in [5, 5.41) is 22.7. The van der Waals surface area contributed by atoms with E-state index in [1.54, 1.807) is 18.2 Å². The summed E-state index contributed by atoms with van der Waals surface area (Å²) in [6, 6.07) is 35.0. The predicted octanol–water partition coefficient (Wildman–Crippen LogP) is 6.98. The largest absolute Gasteiger partial charge is 0.461 e. The van der Waals surface area contributed by atoms with E-state index < -0.39 is 60.4 Å². The third-order valence-electron chi connectivity index (χ3n) is 10.8. The van der Waals surface area contributed by atoms with E-state index in [9.17, 15) is 29.1 Å². The van der Waals surface area contributed by atoms with E-state index in [1.807, 2.05) is 109 Å². The van der Waals surface area contributed by atoms with Crippen molar-refractivity contribution in [2.75, 3.05) is 25.1 Å². The average Bonchev–Trinajstić information content (AvgIpc) is 3.61. The molecule has 0 bridgehead atoms. The van der Waals surface area contributed by atoms with Crippen LogP contribution < -0.4 is 21.3 Å². The molecule has 12 heteroatoms. The summed E-state index contributed by atoms with van der Waals surface area (Å²) in [5.74, 6) is -3.81. The molecule has 0 saturated heterocycles. The summed E-state index contributed by atoms with van der Waals surface area (Å²) in [4.78, 5) is 67.9. The number of alkyl carbamates (subject to hydrolysis) is 1. The maximum absolute atomic E-state index is 13.9. The van der Waals surface area contributed by atoms with Crippen molar-refractivity contribution >= 4 is 46.2 Å². The molecule has 0 fully saturated rings. The smallest absolute Gasteiger partial charge is 0.407 e. The highest BCUT2D eigenvalue weighted by Crippen LogP contribution is 2.44. The third kappa shape index (κ3) is 11.8. The fourth-order valence-electron chi connectivity index (χ4n) is 7.61. The Hall–Kier alpha value is -7.05. The number of allylic oxidation sites excluding steroid dienone is 2. The van der Waals surface area contributed by atoms with Crippen molar-refractivity contribution in [1.82, 2.24) is 16.0 Å². The van der Waals surface area contributed by atoms with E-state index in [0.29, 0.717) is 18.5 Å². The van der Waals surface area contributed by atoms with Gasteiger partial charge in [-0.3, -0.25) is 14.4 Å². The number of amides is 4. The minimum Gasteiger partial charge on any atom is -0.461 e. The molecule has 6 rings (SSSR count). The van der Waals surface area contributed by atoms with Crippen molar-refractivity contribution in [2.45, 2.75) is 56.1 Å². The van der Waals surface area contributed by atoms with Gasteiger partial charge in [-0.1, -0.05) is 121 Å². The molecule has 4 amide bonds. The number of benzene rings is 5. The van der Waals surface area contributed by atoms with Crippen molar-refractivity contribution < 1.29 is 38.6 Å². The van der Waals surface area contributed by atoms with E-state index in [0.717, 1.165) is 38.6 Å². The van der Waals surface area contributed by atoms with Gasteiger partial charge in [0.05, 0.1) is 18.6 Å². The SMILES string of the molecule is C=CCC[C@H](NC(=O)OCC1c2ccccc2-c2ccccc21)C(=O)OC[C@H](NC(=O)[C@@H](CC=C)CC(=O)N[C@H](CO)Cc1ccccc1)C(=O)Nc1ccc2ccccc2c1. The maximum Gasteiger partial charge on any atom is 0.407 e. The van der Waals surface area contributed by atoms with Crippen LogP contribution in [0.1, 0.15) is 48.3 Å². The van der Waals surface area contributed by atoms with E-state index >= 15 is 0 Å². The van der Waals surface area contributed by atoms with Gasteiger partial charge in [0.25, 0.3) is 5.91 Å². The summed E-state index contributed by atoms with van der Waals surface area (Å²) < 4.78 is 11.4. The molecule has 0 spiro atoms.